The number of nitrogens with one attached hydrogen (secondary N) is 1. The summed E-state index contributed by atoms with van der Waals surface area (Å²) in [6, 6.07) is 0. The van der Waals surface area contributed by atoms with E-state index in [9.17, 15) is 18.0 Å². The lowest BCUT2D eigenvalue weighted by atomic mass is 10.1. The fourth-order valence-electron chi connectivity index (χ4n) is 2.18. The highest BCUT2D eigenvalue weighted by atomic mass is 32.2. The molecule has 8 heteroatoms. The molecule has 126 valence electrons. The van der Waals surface area contributed by atoms with Gasteiger partial charge in [-0.2, -0.15) is 8.42 Å². The monoisotopic (exact) mass is 333 g/mol. The van der Waals surface area contributed by atoms with E-state index in [1.54, 1.807) is 0 Å². The maximum Gasteiger partial charge on any atom is 0.352 e. The number of allylic oxidation sites excluding steroid dienone is 1. The average molecular weight is 333 g/mol. The van der Waals surface area contributed by atoms with Crippen LogP contribution in [0.5, 0.6) is 0 Å². The van der Waals surface area contributed by atoms with Gasteiger partial charge in [0.25, 0.3) is 10.1 Å². The van der Waals surface area contributed by atoms with E-state index in [1.807, 2.05) is 13.8 Å². The molecule has 1 rings (SSSR count). The highest BCUT2D eigenvalue weighted by Gasteiger charge is 2.50. The molecule has 1 amide bonds. The molecule has 1 saturated carbocycles. The molecule has 1 fully saturated rings. The van der Waals surface area contributed by atoms with Crippen LogP contribution in [0, 0.1) is 11.3 Å². The van der Waals surface area contributed by atoms with E-state index in [1.165, 1.54) is 6.08 Å². The highest BCUT2D eigenvalue weighted by molar-refractivity contribution is 7.85. The van der Waals surface area contributed by atoms with E-state index >= 15 is 0 Å². The predicted octanol–water partition coefficient (Wildman–Crippen LogP) is 1.57. The van der Waals surface area contributed by atoms with Crippen LogP contribution in [0.4, 0.5) is 0 Å². The minimum absolute atomic E-state index is 0.0660. The Hall–Kier alpha value is -1.41. The number of amides is 1. The molecular formula is C14H23NO6S. The zero-order valence-electron chi connectivity index (χ0n) is 12.8. The summed E-state index contributed by atoms with van der Waals surface area (Å²) >= 11 is 0. The summed E-state index contributed by atoms with van der Waals surface area (Å²) in [5, 5.41) is 11.5. The molecule has 0 aromatic carbocycles. The predicted molar refractivity (Wildman–Crippen MR) is 80.6 cm³/mol. The van der Waals surface area contributed by atoms with Crippen LogP contribution >= 0.6 is 0 Å². The lowest BCUT2D eigenvalue weighted by molar-refractivity contribution is -0.135. The van der Waals surface area contributed by atoms with Gasteiger partial charge in [-0.1, -0.05) is 26.3 Å². The molecule has 0 aliphatic heterocycles. The highest BCUT2D eigenvalue weighted by Crippen LogP contribution is 2.51. The third-order valence-corrected chi connectivity index (χ3v) is 4.58. The second-order valence-electron chi connectivity index (χ2n) is 6.29. The van der Waals surface area contributed by atoms with Crippen molar-refractivity contribution in [2.75, 3.05) is 5.75 Å². The van der Waals surface area contributed by atoms with Crippen LogP contribution < -0.4 is 5.32 Å². The van der Waals surface area contributed by atoms with E-state index < -0.39 is 16.1 Å². The third kappa shape index (κ3) is 6.57. The van der Waals surface area contributed by atoms with E-state index in [4.69, 9.17) is 9.66 Å². The van der Waals surface area contributed by atoms with Crippen molar-refractivity contribution in [3.05, 3.63) is 11.8 Å². The summed E-state index contributed by atoms with van der Waals surface area (Å²) in [5.74, 6) is -1.91. The lowest BCUT2D eigenvalue weighted by Crippen LogP contribution is -2.29. The largest absolute Gasteiger partial charge is 0.477 e. The van der Waals surface area contributed by atoms with Crippen molar-refractivity contribution in [1.29, 1.82) is 0 Å². The van der Waals surface area contributed by atoms with Gasteiger partial charge >= 0.3 is 5.97 Å². The van der Waals surface area contributed by atoms with Crippen LogP contribution in [-0.2, 0) is 19.7 Å². The van der Waals surface area contributed by atoms with Gasteiger partial charge in [-0.3, -0.25) is 9.35 Å². The molecule has 1 aliphatic carbocycles. The minimum atomic E-state index is -3.94. The first-order chi connectivity index (χ1) is 10.0. The number of carbonyl (C=O) groups excluding carboxylic acids is 1. The molecule has 0 heterocycles. The zero-order valence-corrected chi connectivity index (χ0v) is 13.6. The molecule has 0 spiro atoms. The van der Waals surface area contributed by atoms with Gasteiger partial charge in [0.2, 0.25) is 5.91 Å². The Labute approximate surface area is 130 Å². The average Bonchev–Trinajstić information content (AvgIpc) is 2.99. The molecule has 1 atom stereocenters. The molecule has 0 bridgehead atoms. The maximum absolute atomic E-state index is 11.9. The number of unbranched alkanes of at least 4 members (excludes halogenated alkanes) is 3. The summed E-state index contributed by atoms with van der Waals surface area (Å²) in [7, 11) is -3.94. The minimum Gasteiger partial charge on any atom is -0.477 e. The van der Waals surface area contributed by atoms with Gasteiger partial charge in [-0.05, 0) is 31.1 Å². The van der Waals surface area contributed by atoms with E-state index in [2.05, 4.69) is 5.32 Å². The van der Waals surface area contributed by atoms with Crippen molar-refractivity contribution in [2.45, 2.75) is 46.0 Å². The van der Waals surface area contributed by atoms with E-state index in [0.29, 0.717) is 25.7 Å². The number of carboxylic acids is 1. The van der Waals surface area contributed by atoms with Crippen molar-refractivity contribution >= 4 is 22.0 Å². The second kappa shape index (κ2) is 7.23. The van der Waals surface area contributed by atoms with Crippen LogP contribution in [0.15, 0.2) is 11.8 Å². The first kappa shape index (κ1) is 18.6. The summed E-state index contributed by atoms with van der Waals surface area (Å²) < 4.78 is 29.6. The normalized spacial score (nSPS) is 20.5. The van der Waals surface area contributed by atoms with E-state index in [-0.39, 0.29) is 28.7 Å². The van der Waals surface area contributed by atoms with Crippen LogP contribution in [0.3, 0.4) is 0 Å². The fourth-order valence-corrected chi connectivity index (χ4v) is 2.75. The van der Waals surface area contributed by atoms with Crippen molar-refractivity contribution < 1.29 is 27.7 Å². The fraction of sp³-hybridized carbons (Fsp3) is 0.714. The Kier molecular flexibility index (Phi) is 6.13. The first-order valence-electron chi connectivity index (χ1n) is 7.22. The molecule has 3 N–H and O–H groups in total. The van der Waals surface area contributed by atoms with E-state index in [0.717, 1.165) is 6.42 Å². The molecule has 0 radical (unpaired) electrons. The van der Waals surface area contributed by atoms with Gasteiger partial charge in [0.05, 0.1) is 5.75 Å². The Bertz CT molecular complexity index is 564. The van der Waals surface area contributed by atoms with Crippen molar-refractivity contribution in [2.24, 2.45) is 11.3 Å². The molecule has 0 saturated heterocycles. The zero-order chi connectivity index (χ0) is 17.0. The molecular weight excluding hydrogens is 310 g/mol. The summed E-state index contributed by atoms with van der Waals surface area (Å²) in [5.41, 5.74) is -0.203. The number of carbonyl (C=O) groups is 2. The number of carboxylic acid groups (broad SMARTS) is 1. The topological polar surface area (TPSA) is 121 Å². The Balaban J connectivity index is 2.37. The van der Waals surface area contributed by atoms with Gasteiger partial charge in [-0.15, -0.1) is 0 Å². The molecule has 0 aromatic heterocycles. The van der Waals surface area contributed by atoms with Crippen LogP contribution in [0.25, 0.3) is 0 Å². The molecule has 1 unspecified atom stereocenters. The molecule has 1 aliphatic rings. The lowest BCUT2D eigenvalue weighted by Gasteiger charge is -2.07. The first-order valence-corrected chi connectivity index (χ1v) is 8.83. The van der Waals surface area contributed by atoms with Gasteiger partial charge in [-0.25, -0.2) is 4.79 Å². The summed E-state index contributed by atoms with van der Waals surface area (Å²) in [4.78, 5) is 23.0. The van der Waals surface area contributed by atoms with Crippen molar-refractivity contribution in [3.63, 3.8) is 0 Å². The van der Waals surface area contributed by atoms with Gasteiger partial charge in [0, 0.05) is 5.92 Å². The van der Waals surface area contributed by atoms with Crippen LogP contribution in [-0.4, -0.2) is 35.7 Å². The standard InChI is InChI=1S/C14H23NO6S/c1-14(2)9-10(14)12(16)15-11(13(17)18)7-5-3-4-6-8-22(19,20)21/h7,10H,3-6,8-9H2,1-2H3,(H,15,16)(H,17,18)(H,19,20,21). The van der Waals surface area contributed by atoms with Crippen LogP contribution in [0.2, 0.25) is 0 Å². The molecule has 0 aromatic rings. The number of rotatable bonds is 9. The van der Waals surface area contributed by atoms with Gasteiger partial charge < -0.3 is 10.4 Å². The number of hydrogen-bond acceptors (Lipinski definition) is 4. The van der Waals surface area contributed by atoms with Crippen molar-refractivity contribution in [3.8, 4) is 0 Å². The number of hydrogen-bond donors (Lipinski definition) is 3. The molecule has 7 nitrogen and oxygen atoms in total. The molecule has 22 heavy (non-hydrogen) atoms. The van der Waals surface area contributed by atoms with Crippen LogP contribution in [0.1, 0.15) is 46.0 Å². The number of aliphatic carboxylic acids is 1. The second-order valence-corrected chi connectivity index (χ2v) is 7.86. The van der Waals surface area contributed by atoms with Gasteiger partial charge in [0.15, 0.2) is 0 Å². The maximum atomic E-state index is 11.9. The summed E-state index contributed by atoms with van der Waals surface area (Å²) in [6.07, 6.45) is 4.05. The van der Waals surface area contributed by atoms with Gasteiger partial charge in [0.1, 0.15) is 5.70 Å². The Morgan fingerprint density at radius 2 is 1.86 bits per heavy atom. The SMILES string of the molecule is CC1(C)CC1C(=O)NC(=CCCCCCS(=O)(=O)O)C(=O)O. The Morgan fingerprint density at radius 3 is 2.32 bits per heavy atom. The quantitative estimate of drug-likeness (QED) is 0.334. The summed E-state index contributed by atoms with van der Waals surface area (Å²) in [6.45, 7) is 3.91. The third-order valence-electron chi connectivity index (χ3n) is 3.77. The smallest absolute Gasteiger partial charge is 0.352 e. The van der Waals surface area contributed by atoms with Crippen molar-refractivity contribution in [1.82, 2.24) is 5.32 Å². The Morgan fingerprint density at radius 1 is 1.27 bits per heavy atom.